The zero-order chi connectivity index (χ0) is 10.7. The Morgan fingerprint density at radius 2 is 2.40 bits per heavy atom. The molecule has 78 valence electrons. The fourth-order valence-corrected chi connectivity index (χ4v) is 1.33. The van der Waals surface area contributed by atoms with E-state index >= 15 is 0 Å². The largest absolute Gasteiger partial charge is 0.440 e. The van der Waals surface area contributed by atoms with E-state index in [2.05, 4.69) is 10.3 Å². The van der Waals surface area contributed by atoms with Gasteiger partial charge in [0.2, 0.25) is 5.88 Å². The van der Waals surface area contributed by atoms with E-state index in [9.17, 15) is 0 Å². The van der Waals surface area contributed by atoms with Gasteiger partial charge in [-0.2, -0.15) is 0 Å². The maximum atomic E-state index is 5.72. The minimum absolute atomic E-state index is 0.378. The van der Waals surface area contributed by atoms with E-state index < -0.39 is 0 Å². The molecule has 0 fully saturated rings. The topological polar surface area (TPSA) is 60.2 Å². The van der Waals surface area contributed by atoms with Gasteiger partial charge in [0.1, 0.15) is 5.76 Å². The molecule has 0 amide bonds. The number of anilines is 1. The van der Waals surface area contributed by atoms with Gasteiger partial charge in [-0.15, -0.1) is 0 Å². The van der Waals surface area contributed by atoms with Gasteiger partial charge in [0.15, 0.2) is 0 Å². The minimum atomic E-state index is 0.378. The van der Waals surface area contributed by atoms with Crippen LogP contribution in [0.1, 0.15) is 0 Å². The zero-order valence-electron chi connectivity index (χ0n) is 7.90. The first-order valence-corrected chi connectivity index (χ1v) is 4.81. The number of allylic oxidation sites excluding steroid dienone is 2. The molecule has 3 N–H and O–H groups in total. The van der Waals surface area contributed by atoms with Crippen molar-refractivity contribution in [3.05, 3.63) is 41.4 Å². The summed E-state index contributed by atoms with van der Waals surface area (Å²) in [6.45, 7) is 0.625. The van der Waals surface area contributed by atoms with Crippen LogP contribution in [0.5, 0.6) is 5.88 Å². The molecule has 4 nitrogen and oxygen atoms in total. The molecule has 15 heavy (non-hydrogen) atoms. The summed E-state index contributed by atoms with van der Waals surface area (Å²) in [6, 6.07) is 1.61. The number of dihydropyridines is 1. The smallest absolute Gasteiger partial charge is 0.242 e. The average Bonchev–Trinajstić information content (AvgIpc) is 2.24. The molecule has 0 saturated heterocycles. The van der Waals surface area contributed by atoms with E-state index in [0.29, 0.717) is 23.1 Å². The number of hydrogen-bond donors (Lipinski definition) is 2. The van der Waals surface area contributed by atoms with Gasteiger partial charge in [0.05, 0.1) is 17.3 Å². The molecular formula is C10H10ClN3O. The lowest BCUT2D eigenvalue weighted by atomic mass is 10.3. The predicted octanol–water partition coefficient (Wildman–Crippen LogP) is 1.70. The molecule has 0 radical (unpaired) electrons. The number of nitrogen functional groups attached to an aromatic ring is 1. The summed E-state index contributed by atoms with van der Waals surface area (Å²) in [7, 11) is 0. The van der Waals surface area contributed by atoms with E-state index in [0.717, 1.165) is 5.76 Å². The third-order valence-electron chi connectivity index (χ3n) is 1.85. The summed E-state index contributed by atoms with van der Waals surface area (Å²) >= 11 is 5.72. The predicted molar refractivity (Wildman–Crippen MR) is 59.5 cm³/mol. The molecule has 0 bridgehead atoms. The van der Waals surface area contributed by atoms with Crippen molar-refractivity contribution >= 4 is 17.3 Å². The molecule has 5 heteroatoms. The first kappa shape index (κ1) is 9.86. The maximum absolute atomic E-state index is 5.72. The summed E-state index contributed by atoms with van der Waals surface area (Å²) in [5.41, 5.74) is 6.13. The molecule has 0 unspecified atom stereocenters. The Kier molecular flexibility index (Phi) is 2.78. The van der Waals surface area contributed by atoms with Crippen LogP contribution in [0.2, 0.25) is 5.02 Å². The van der Waals surface area contributed by atoms with Crippen molar-refractivity contribution in [2.75, 3.05) is 12.3 Å². The second kappa shape index (κ2) is 4.23. The Morgan fingerprint density at radius 3 is 3.07 bits per heavy atom. The zero-order valence-corrected chi connectivity index (χ0v) is 8.66. The highest BCUT2D eigenvalue weighted by molar-refractivity contribution is 6.30. The van der Waals surface area contributed by atoms with Crippen molar-refractivity contribution in [2.45, 2.75) is 0 Å². The van der Waals surface area contributed by atoms with E-state index in [4.69, 9.17) is 22.1 Å². The molecule has 2 rings (SSSR count). The van der Waals surface area contributed by atoms with Crippen molar-refractivity contribution in [3.63, 3.8) is 0 Å². The first-order valence-electron chi connectivity index (χ1n) is 4.43. The van der Waals surface area contributed by atoms with Crippen LogP contribution in [0.15, 0.2) is 36.4 Å². The van der Waals surface area contributed by atoms with Crippen molar-refractivity contribution in [3.8, 4) is 5.88 Å². The summed E-state index contributed by atoms with van der Waals surface area (Å²) in [6.07, 6.45) is 7.04. The fourth-order valence-electron chi connectivity index (χ4n) is 1.16. The maximum Gasteiger partial charge on any atom is 0.242 e. The van der Waals surface area contributed by atoms with E-state index in [1.54, 1.807) is 6.07 Å². The number of pyridine rings is 1. The molecular weight excluding hydrogens is 214 g/mol. The number of rotatable bonds is 2. The van der Waals surface area contributed by atoms with E-state index in [1.807, 2.05) is 18.4 Å². The van der Waals surface area contributed by atoms with Crippen LogP contribution in [0.4, 0.5) is 5.69 Å². The van der Waals surface area contributed by atoms with Crippen LogP contribution in [-0.2, 0) is 0 Å². The first-order chi connectivity index (χ1) is 7.25. The Hall–Kier alpha value is -1.68. The number of aromatic nitrogens is 1. The third-order valence-corrected chi connectivity index (χ3v) is 2.05. The standard InChI is InChI=1S/C10H10ClN3O/c11-7-4-9(12)10(14-5-7)15-8-2-1-3-13-6-8/h1-5,13H,6,12H2. The lowest BCUT2D eigenvalue weighted by molar-refractivity contribution is 0.395. The molecule has 0 saturated carbocycles. The van der Waals surface area contributed by atoms with Crippen LogP contribution < -0.4 is 15.8 Å². The molecule has 1 aliphatic rings. The van der Waals surface area contributed by atoms with Crippen molar-refractivity contribution in [1.29, 1.82) is 0 Å². The SMILES string of the molecule is Nc1cc(Cl)cnc1OC1=CC=CNC1. The van der Waals surface area contributed by atoms with Gasteiger partial charge in [0.25, 0.3) is 0 Å². The Bertz CT molecular complexity index is 429. The summed E-state index contributed by atoms with van der Waals surface area (Å²) in [4.78, 5) is 4.00. The quantitative estimate of drug-likeness (QED) is 0.801. The van der Waals surface area contributed by atoms with Crippen LogP contribution in [0.25, 0.3) is 0 Å². The van der Waals surface area contributed by atoms with Gasteiger partial charge in [-0.3, -0.25) is 0 Å². The van der Waals surface area contributed by atoms with Crippen LogP contribution >= 0.6 is 11.6 Å². The number of nitrogens with two attached hydrogens (primary N) is 1. The number of halogens is 1. The number of nitrogens with zero attached hydrogens (tertiary/aromatic N) is 1. The monoisotopic (exact) mass is 223 g/mol. The highest BCUT2D eigenvalue weighted by Gasteiger charge is 2.07. The molecule has 0 atom stereocenters. The van der Waals surface area contributed by atoms with Crippen molar-refractivity contribution in [2.24, 2.45) is 0 Å². The third kappa shape index (κ3) is 2.41. The van der Waals surface area contributed by atoms with Gasteiger partial charge in [0, 0.05) is 6.20 Å². The lowest BCUT2D eigenvalue weighted by Crippen LogP contribution is -2.17. The fraction of sp³-hybridized carbons (Fsp3) is 0.100. The van der Waals surface area contributed by atoms with Gasteiger partial charge in [-0.05, 0) is 24.4 Å². The number of nitrogens with one attached hydrogen (secondary N) is 1. The highest BCUT2D eigenvalue weighted by atomic mass is 35.5. The lowest BCUT2D eigenvalue weighted by Gasteiger charge is -2.12. The van der Waals surface area contributed by atoms with Gasteiger partial charge < -0.3 is 15.8 Å². The minimum Gasteiger partial charge on any atom is -0.440 e. The molecule has 0 aromatic carbocycles. The average molecular weight is 224 g/mol. The van der Waals surface area contributed by atoms with Crippen molar-refractivity contribution in [1.82, 2.24) is 10.3 Å². The molecule has 1 aromatic rings. The molecule has 2 heterocycles. The Balaban J connectivity index is 2.17. The second-order valence-corrected chi connectivity index (χ2v) is 3.46. The normalized spacial score (nSPS) is 14.3. The van der Waals surface area contributed by atoms with Gasteiger partial charge in [-0.1, -0.05) is 11.6 Å². The second-order valence-electron chi connectivity index (χ2n) is 3.02. The van der Waals surface area contributed by atoms with E-state index in [-0.39, 0.29) is 0 Å². The summed E-state index contributed by atoms with van der Waals surface area (Å²) < 4.78 is 5.49. The van der Waals surface area contributed by atoms with Crippen molar-refractivity contribution < 1.29 is 4.74 Å². The van der Waals surface area contributed by atoms with Gasteiger partial charge in [-0.25, -0.2) is 4.98 Å². The van der Waals surface area contributed by atoms with Gasteiger partial charge >= 0.3 is 0 Å². The Labute approximate surface area is 92.4 Å². The Morgan fingerprint density at radius 1 is 1.53 bits per heavy atom. The van der Waals surface area contributed by atoms with Crippen LogP contribution in [0, 0.1) is 0 Å². The molecule has 1 aromatic heterocycles. The van der Waals surface area contributed by atoms with E-state index in [1.165, 1.54) is 6.20 Å². The van der Waals surface area contributed by atoms with Crippen LogP contribution in [0.3, 0.4) is 0 Å². The number of hydrogen-bond acceptors (Lipinski definition) is 4. The summed E-state index contributed by atoms with van der Waals surface area (Å²) in [5, 5.41) is 3.51. The molecule has 0 aliphatic carbocycles. The number of ether oxygens (including phenoxy) is 1. The molecule has 0 spiro atoms. The van der Waals surface area contributed by atoms with Crippen LogP contribution in [-0.4, -0.2) is 11.5 Å². The summed E-state index contributed by atoms with van der Waals surface area (Å²) in [5.74, 6) is 1.14. The molecule has 1 aliphatic heterocycles. The highest BCUT2D eigenvalue weighted by Crippen LogP contribution is 2.23.